The maximum absolute atomic E-state index is 5.12. The van der Waals surface area contributed by atoms with E-state index in [-0.39, 0.29) is 0 Å². The highest BCUT2D eigenvalue weighted by Crippen LogP contribution is 2.34. The van der Waals surface area contributed by atoms with Crippen LogP contribution in [0, 0.1) is 0 Å². The topological polar surface area (TPSA) is 25.8 Å². The van der Waals surface area contributed by atoms with E-state index < -0.39 is 0 Å². The van der Waals surface area contributed by atoms with E-state index in [1.54, 1.807) is 0 Å². The molecule has 6 aromatic carbocycles. The second-order valence-electron chi connectivity index (χ2n) is 11.5. The van der Waals surface area contributed by atoms with E-state index in [0.29, 0.717) is 0 Å². The lowest BCUT2D eigenvalue weighted by molar-refractivity contribution is 0.644. The number of hydrogen-bond acceptors (Lipinski definition) is 2. The van der Waals surface area contributed by atoms with Gasteiger partial charge in [-0.3, -0.25) is 0 Å². The fraction of sp³-hybridized carbons (Fsp3) is 0.150. The van der Waals surface area contributed by atoms with Gasteiger partial charge < -0.3 is 0 Å². The first-order valence-corrected chi connectivity index (χ1v) is 15.2. The molecule has 2 nitrogen and oxygen atoms in total. The molecule has 0 unspecified atom stereocenters. The summed E-state index contributed by atoms with van der Waals surface area (Å²) in [7, 11) is 0. The number of unbranched alkanes of at least 4 members (excludes halogenated alkanes) is 3. The monoisotopic (exact) mass is 540 g/mol. The molecule has 0 aliphatic carbocycles. The molecule has 8 aromatic rings. The van der Waals surface area contributed by atoms with Gasteiger partial charge in [0.1, 0.15) is 0 Å². The van der Waals surface area contributed by atoms with Crippen LogP contribution in [0.15, 0.2) is 121 Å². The van der Waals surface area contributed by atoms with Gasteiger partial charge in [-0.1, -0.05) is 122 Å². The molecule has 0 spiro atoms. The van der Waals surface area contributed by atoms with Gasteiger partial charge in [0.05, 0.1) is 22.1 Å². The van der Waals surface area contributed by atoms with E-state index >= 15 is 0 Å². The van der Waals surface area contributed by atoms with E-state index in [1.165, 1.54) is 79.9 Å². The van der Waals surface area contributed by atoms with Gasteiger partial charge in [0.15, 0.2) is 0 Å². The van der Waals surface area contributed by atoms with Crippen LogP contribution in [0.1, 0.15) is 36.8 Å². The summed E-state index contributed by atoms with van der Waals surface area (Å²) < 4.78 is 0. The van der Waals surface area contributed by atoms with E-state index in [9.17, 15) is 0 Å². The fourth-order valence-corrected chi connectivity index (χ4v) is 6.92. The quantitative estimate of drug-likeness (QED) is 0.114. The van der Waals surface area contributed by atoms with E-state index in [4.69, 9.17) is 9.97 Å². The molecule has 0 N–H and O–H groups in total. The van der Waals surface area contributed by atoms with Crippen molar-refractivity contribution in [1.82, 2.24) is 9.97 Å². The third kappa shape index (κ3) is 4.26. The van der Waals surface area contributed by atoms with Gasteiger partial charge in [-0.05, 0) is 59.7 Å². The van der Waals surface area contributed by atoms with Crippen molar-refractivity contribution in [3.05, 3.63) is 132 Å². The number of rotatable bonds is 7. The van der Waals surface area contributed by atoms with Crippen LogP contribution in [-0.2, 0) is 12.8 Å². The van der Waals surface area contributed by atoms with Gasteiger partial charge in [0.2, 0.25) is 0 Å². The first-order chi connectivity index (χ1) is 20.8. The third-order valence-electron chi connectivity index (χ3n) is 8.98. The molecule has 0 aliphatic rings. The Hall–Kier alpha value is -4.82. The molecular weight excluding hydrogens is 508 g/mol. The second-order valence-corrected chi connectivity index (χ2v) is 11.5. The van der Waals surface area contributed by atoms with Crippen molar-refractivity contribution in [1.29, 1.82) is 0 Å². The van der Waals surface area contributed by atoms with Crippen LogP contribution in [0.25, 0.3) is 65.2 Å². The molecule has 2 heterocycles. The molecule has 8 rings (SSSR count). The minimum Gasteiger partial charge on any atom is -0.247 e. The largest absolute Gasteiger partial charge is 0.247 e. The van der Waals surface area contributed by atoms with Crippen molar-refractivity contribution >= 4 is 65.2 Å². The number of benzene rings is 6. The van der Waals surface area contributed by atoms with Crippen LogP contribution in [-0.4, -0.2) is 9.97 Å². The Bertz CT molecular complexity index is 2100. The predicted molar refractivity (Wildman–Crippen MR) is 179 cm³/mol. The molecule has 0 bridgehead atoms. The zero-order chi connectivity index (χ0) is 27.9. The Kier molecular flexibility index (Phi) is 6.26. The van der Waals surface area contributed by atoms with Gasteiger partial charge in [-0.15, -0.1) is 0 Å². The van der Waals surface area contributed by atoms with Gasteiger partial charge in [0.25, 0.3) is 0 Å². The van der Waals surface area contributed by atoms with Crippen molar-refractivity contribution in [2.45, 2.75) is 38.5 Å². The van der Waals surface area contributed by atoms with Crippen LogP contribution in [0.2, 0.25) is 0 Å². The molecule has 0 saturated carbocycles. The lowest BCUT2D eigenvalue weighted by atomic mass is 9.93. The van der Waals surface area contributed by atoms with Crippen LogP contribution in [0.5, 0.6) is 0 Å². The smallest absolute Gasteiger partial charge is 0.0790 e. The summed E-state index contributed by atoms with van der Waals surface area (Å²) in [5, 5.41) is 10.2. The Morgan fingerprint density at radius 1 is 0.333 bits per heavy atom. The lowest BCUT2D eigenvalue weighted by Gasteiger charge is -2.14. The summed E-state index contributed by atoms with van der Waals surface area (Å²) in [6.45, 7) is 0. The van der Waals surface area contributed by atoms with Gasteiger partial charge in [-0.2, -0.15) is 0 Å². The Morgan fingerprint density at radius 3 is 1.21 bits per heavy atom. The van der Waals surface area contributed by atoms with Gasteiger partial charge >= 0.3 is 0 Å². The molecule has 0 radical (unpaired) electrons. The van der Waals surface area contributed by atoms with E-state index in [0.717, 1.165) is 34.9 Å². The molecule has 0 saturated heterocycles. The zero-order valence-electron chi connectivity index (χ0n) is 23.7. The predicted octanol–water partition coefficient (Wildman–Crippen LogP) is 10.7. The van der Waals surface area contributed by atoms with Crippen molar-refractivity contribution in [2.24, 2.45) is 0 Å². The standard InChI is InChI=1S/C40H32N2/c1(3-17-31-33-19-9-11-21-37(33)41-39-29-15-7-5-13-27(29)23-25-35(31)39)2-4-18-32-34-20-10-12-22-38(34)42-40-30-16-8-6-14-28(30)24-26-36(32)40/h5-16,19-26H,1-4,17-18H2. The van der Waals surface area contributed by atoms with Crippen LogP contribution >= 0.6 is 0 Å². The number of nitrogens with zero attached hydrogens (tertiary/aromatic N) is 2. The second kappa shape index (κ2) is 10.5. The summed E-state index contributed by atoms with van der Waals surface area (Å²) in [6, 6.07) is 43.6. The molecule has 0 fully saturated rings. The molecule has 0 atom stereocenters. The number of fused-ring (bicyclic) bond motifs is 8. The van der Waals surface area contributed by atoms with Gasteiger partial charge in [-0.25, -0.2) is 9.97 Å². The molecule has 2 aromatic heterocycles. The van der Waals surface area contributed by atoms with Crippen molar-refractivity contribution in [3.8, 4) is 0 Å². The maximum Gasteiger partial charge on any atom is 0.0790 e. The first-order valence-electron chi connectivity index (χ1n) is 15.2. The Balaban J connectivity index is 1.05. The summed E-state index contributed by atoms with van der Waals surface area (Å²) in [5.74, 6) is 0. The van der Waals surface area contributed by atoms with E-state index in [2.05, 4.69) is 121 Å². The highest BCUT2D eigenvalue weighted by molar-refractivity contribution is 6.11. The number of pyridine rings is 2. The van der Waals surface area contributed by atoms with Crippen LogP contribution in [0.3, 0.4) is 0 Å². The maximum atomic E-state index is 5.12. The van der Waals surface area contributed by atoms with Crippen LogP contribution < -0.4 is 0 Å². The molecule has 42 heavy (non-hydrogen) atoms. The summed E-state index contributed by atoms with van der Waals surface area (Å²) in [6.07, 6.45) is 6.94. The van der Waals surface area contributed by atoms with Crippen molar-refractivity contribution in [3.63, 3.8) is 0 Å². The summed E-state index contributed by atoms with van der Waals surface area (Å²) >= 11 is 0. The lowest BCUT2D eigenvalue weighted by Crippen LogP contribution is -1.96. The summed E-state index contributed by atoms with van der Waals surface area (Å²) in [4.78, 5) is 10.2. The first kappa shape index (κ1) is 24.9. The van der Waals surface area contributed by atoms with Crippen LogP contribution in [0.4, 0.5) is 0 Å². The number of hydrogen-bond donors (Lipinski definition) is 0. The SMILES string of the molecule is c1ccc2c(c1)ccc1c(CCCCCCc3c4ccccc4nc4c3ccc3ccccc34)c3ccccc3nc12. The minimum atomic E-state index is 1.07. The Morgan fingerprint density at radius 2 is 0.738 bits per heavy atom. The minimum absolute atomic E-state index is 1.07. The highest BCUT2D eigenvalue weighted by atomic mass is 14.7. The molecular formula is C40H32N2. The highest BCUT2D eigenvalue weighted by Gasteiger charge is 2.13. The zero-order valence-corrected chi connectivity index (χ0v) is 23.7. The van der Waals surface area contributed by atoms with E-state index in [1.807, 2.05) is 0 Å². The van der Waals surface area contributed by atoms with Crippen molar-refractivity contribution in [2.75, 3.05) is 0 Å². The summed E-state index contributed by atoms with van der Waals surface area (Å²) in [5.41, 5.74) is 7.34. The van der Waals surface area contributed by atoms with Crippen molar-refractivity contribution < 1.29 is 0 Å². The van der Waals surface area contributed by atoms with Gasteiger partial charge in [0, 0.05) is 32.3 Å². The number of aromatic nitrogens is 2. The Labute approximate surface area is 245 Å². The molecule has 0 amide bonds. The molecule has 2 heteroatoms. The molecule has 202 valence electrons. The molecule has 0 aliphatic heterocycles. The normalized spacial score (nSPS) is 11.9. The third-order valence-corrected chi connectivity index (χ3v) is 8.98. The average molecular weight is 541 g/mol. The number of aryl methyl sites for hydroxylation is 2. The fourth-order valence-electron chi connectivity index (χ4n) is 6.92. The average Bonchev–Trinajstić information content (AvgIpc) is 3.05. The number of para-hydroxylation sites is 2.